The van der Waals surface area contributed by atoms with Crippen molar-refractivity contribution < 1.29 is 27.6 Å². The minimum absolute atomic E-state index is 0.154. The summed E-state index contributed by atoms with van der Waals surface area (Å²) in [5.74, 6) is -2.40. The molecule has 2 N–H and O–H groups in total. The van der Waals surface area contributed by atoms with Crippen molar-refractivity contribution in [2.24, 2.45) is 0 Å². The van der Waals surface area contributed by atoms with Gasteiger partial charge in [0, 0.05) is 0 Å². The van der Waals surface area contributed by atoms with Crippen LogP contribution in [0.1, 0.15) is 5.56 Å². The van der Waals surface area contributed by atoms with Gasteiger partial charge in [-0.15, -0.1) is 0 Å². The predicted octanol–water partition coefficient (Wildman–Crippen LogP) is 0.661. The molecule has 0 saturated heterocycles. The standard InChI is InChI=1S/C11H12O6S/c1-8-2-4-9(5-3-8)18(15,16)17-10(6-7-12)11(13)14/h2-6,12H,7H2,1H3,(H,13,14). The van der Waals surface area contributed by atoms with Gasteiger partial charge >= 0.3 is 16.1 Å². The summed E-state index contributed by atoms with van der Waals surface area (Å²) in [6.45, 7) is 1.15. The van der Waals surface area contributed by atoms with Gasteiger partial charge in [0.15, 0.2) is 0 Å². The zero-order valence-electron chi connectivity index (χ0n) is 9.53. The third-order valence-electron chi connectivity index (χ3n) is 2.00. The molecule has 7 heteroatoms. The molecule has 0 heterocycles. The van der Waals surface area contributed by atoms with Crippen molar-refractivity contribution in [3.8, 4) is 0 Å². The maximum Gasteiger partial charge on any atom is 0.372 e. The summed E-state index contributed by atoms with van der Waals surface area (Å²) in [5, 5.41) is 17.3. The van der Waals surface area contributed by atoms with Gasteiger partial charge in [0.25, 0.3) is 0 Å². The van der Waals surface area contributed by atoms with Gasteiger partial charge in [0.2, 0.25) is 5.76 Å². The van der Waals surface area contributed by atoms with Crippen LogP contribution in [0.25, 0.3) is 0 Å². The number of aliphatic hydroxyl groups is 1. The summed E-state index contributed by atoms with van der Waals surface area (Å²) < 4.78 is 27.9. The van der Waals surface area contributed by atoms with E-state index in [4.69, 9.17) is 10.2 Å². The van der Waals surface area contributed by atoms with E-state index in [9.17, 15) is 13.2 Å². The van der Waals surface area contributed by atoms with E-state index in [1.165, 1.54) is 12.1 Å². The zero-order chi connectivity index (χ0) is 13.8. The Hall–Kier alpha value is -1.86. The maximum absolute atomic E-state index is 11.7. The average Bonchev–Trinajstić information content (AvgIpc) is 2.28. The molecule has 18 heavy (non-hydrogen) atoms. The molecule has 6 nitrogen and oxygen atoms in total. The van der Waals surface area contributed by atoms with E-state index >= 15 is 0 Å². The van der Waals surface area contributed by atoms with Crippen molar-refractivity contribution >= 4 is 16.1 Å². The normalized spacial score (nSPS) is 12.2. The molecule has 0 bridgehead atoms. The summed E-state index contributed by atoms with van der Waals surface area (Å²) in [7, 11) is -4.20. The Bertz CT molecular complexity index is 556. The average molecular weight is 272 g/mol. The highest BCUT2D eigenvalue weighted by Gasteiger charge is 2.21. The summed E-state index contributed by atoms with van der Waals surface area (Å²) in [6, 6.07) is 5.74. The highest BCUT2D eigenvalue weighted by Crippen LogP contribution is 2.16. The minimum atomic E-state index is -4.20. The third kappa shape index (κ3) is 3.57. The Morgan fingerprint density at radius 3 is 2.33 bits per heavy atom. The van der Waals surface area contributed by atoms with Crippen LogP contribution in [0.2, 0.25) is 0 Å². The minimum Gasteiger partial charge on any atom is -0.475 e. The van der Waals surface area contributed by atoms with Gasteiger partial charge in [-0.25, -0.2) is 4.79 Å². The van der Waals surface area contributed by atoms with Crippen molar-refractivity contribution in [1.29, 1.82) is 0 Å². The quantitative estimate of drug-likeness (QED) is 0.464. The lowest BCUT2D eigenvalue weighted by Gasteiger charge is -2.07. The highest BCUT2D eigenvalue weighted by atomic mass is 32.2. The van der Waals surface area contributed by atoms with E-state index in [0.717, 1.165) is 11.6 Å². The Morgan fingerprint density at radius 2 is 1.89 bits per heavy atom. The molecule has 1 aromatic rings. The first-order chi connectivity index (χ1) is 8.36. The van der Waals surface area contributed by atoms with Crippen LogP contribution in [0, 0.1) is 6.92 Å². The molecule has 0 aliphatic heterocycles. The number of aryl methyl sites for hydroxylation is 1. The van der Waals surface area contributed by atoms with Gasteiger partial charge in [-0.1, -0.05) is 17.7 Å². The van der Waals surface area contributed by atoms with Crippen molar-refractivity contribution in [3.63, 3.8) is 0 Å². The second-order valence-corrected chi connectivity index (χ2v) is 4.95. The SMILES string of the molecule is Cc1ccc(S(=O)(=O)OC(=CCO)C(=O)O)cc1. The molecule has 1 rings (SSSR count). The molecule has 0 fully saturated rings. The van der Waals surface area contributed by atoms with Gasteiger partial charge in [-0.2, -0.15) is 8.42 Å². The largest absolute Gasteiger partial charge is 0.475 e. The lowest BCUT2D eigenvalue weighted by molar-refractivity contribution is -0.135. The van der Waals surface area contributed by atoms with Gasteiger partial charge < -0.3 is 14.4 Å². The van der Waals surface area contributed by atoms with E-state index < -0.39 is 28.5 Å². The number of carbonyl (C=O) groups is 1. The molecule has 0 saturated carbocycles. The molecule has 0 unspecified atom stereocenters. The number of carboxylic acid groups (broad SMARTS) is 1. The van der Waals surface area contributed by atoms with E-state index in [1.54, 1.807) is 19.1 Å². The van der Waals surface area contributed by atoms with E-state index in [2.05, 4.69) is 4.18 Å². The molecule has 0 atom stereocenters. The third-order valence-corrected chi connectivity index (χ3v) is 3.25. The Morgan fingerprint density at radius 1 is 1.33 bits per heavy atom. The van der Waals surface area contributed by atoms with E-state index in [1.807, 2.05) is 0 Å². The van der Waals surface area contributed by atoms with Crippen LogP contribution < -0.4 is 0 Å². The fourth-order valence-electron chi connectivity index (χ4n) is 1.11. The summed E-state index contributed by atoms with van der Waals surface area (Å²) in [4.78, 5) is 10.5. The summed E-state index contributed by atoms with van der Waals surface area (Å²) >= 11 is 0. The molecule has 0 spiro atoms. The Labute approximate surface area is 104 Å². The first-order valence-corrected chi connectivity index (χ1v) is 6.33. The van der Waals surface area contributed by atoms with Gasteiger partial charge in [0.1, 0.15) is 4.90 Å². The molecular weight excluding hydrogens is 260 g/mol. The van der Waals surface area contributed by atoms with E-state index in [-0.39, 0.29) is 4.90 Å². The maximum atomic E-state index is 11.7. The van der Waals surface area contributed by atoms with E-state index in [0.29, 0.717) is 0 Å². The highest BCUT2D eigenvalue weighted by molar-refractivity contribution is 7.86. The van der Waals surface area contributed by atoms with Crippen LogP contribution in [-0.4, -0.2) is 31.2 Å². The number of benzene rings is 1. The van der Waals surface area contributed by atoms with Crippen molar-refractivity contribution in [2.45, 2.75) is 11.8 Å². The van der Waals surface area contributed by atoms with Gasteiger partial charge in [-0.05, 0) is 25.1 Å². The molecule has 0 aromatic heterocycles. The molecule has 0 aliphatic rings. The zero-order valence-corrected chi connectivity index (χ0v) is 10.3. The monoisotopic (exact) mass is 272 g/mol. The van der Waals surface area contributed by atoms with Crippen LogP contribution in [0.4, 0.5) is 0 Å². The second-order valence-electron chi connectivity index (χ2n) is 3.41. The number of aliphatic hydroxyl groups excluding tert-OH is 1. The lowest BCUT2D eigenvalue weighted by Crippen LogP contribution is -2.12. The van der Waals surface area contributed by atoms with Crippen molar-refractivity contribution in [2.75, 3.05) is 6.61 Å². The van der Waals surface area contributed by atoms with Crippen LogP contribution in [0.15, 0.2) is 41.0 Å². The summed E-state index contributed by atoms with van der Waals surface area (Å²) in [5.41, 5.74) is 0.860. The second kappa shape index (κ2) is 5.65. The van der Waals surface area contributed by atoms with Crippen LogP contribution in [0.5, 0.6) is 0 Å². The first kappa shape index (κ1) is 14.2. The Balaban J connectivity index is 3.04. The molecule has 0 aliphatic carbocycles. The van der Waals surface area contributed by atoms with Crippen LogP contribution in [0.3, 0.4) is 0 Å². The number of hydrogen-bond acceptors (Lipinski definition) is 5. The number of aliphatic carboxylic acids is 1. The molecular formula is C11H12O6S. The van der Waals surface area contributed by atoms with Gasteiger partial charge in [0.05, 0.1) is 6.61 Å². The number of carboxylic acids is 1. The predicted molar refractivity (Wildman–Crippen MR) is 62.3 cm³/mol. The number of hydrogen-bond donors (Lipinski definition) is 2. The first-order valence-electron chi connectivity index (χ1n) is 4.92. The number of rotatable bonds is 5. The summed E-state index contributed by atoms with van der Waals surface area (Å²) in [6.07, 6.45) is 0.758. The smallest absolute Gasteiger partial charge is 0.372 e. The van der Waals surface area contributed by atoms with Crippen molar-refractivity contribution in [3.05, 3.63) is 41.7 Å². The van der Waals surface area contributed by atoms with Crippen LogP contribution in [-0.2, 0) is 19.1 Å². The topological polar surface area (TPSA) is 101 Å². The molecule has 1 aromatic carbocycles. The molecule has 98 valence electrons. The Kier molecular flexibility index (Phi) is 4.46. The molecule has 0 radical (unpaired) electrons. The fraction of sp³-hybridized carbons (Fsp3) is 0.182. The fourth-order valence-corrected chi connectivity index (χ4v) is 2.05. The lowest BCUT2D eigenvalue weighted by atomic mass is 10.2. The van der Waals surface area contributed by atoms with Gasteiger partial charge in [-0.3, -0.25) is 0 Å². The van der Waals surface area contributed by atoms with Crippen molar-refractivity contribution in [1.82, 2.24) is 0 Å². The van der Waals surface area contributed by atoms with Crippen LogP contribution >= 0.6 is 0 Å². The molecule has 0 amide bonds.